The Morgan fingerprint density at radius 2 is 1.68 bits per heavy atom. The molecule has 1 aliphatic rings. The van der Waals surface area contributed by atoms with E-state index in [1.54, 1.807) is 24.3 Å². The molecule has 0 aromatic heterocycles. The van der Waals surface area contributed by atoms with Crippen molar-refractivity contribution in [3.63, 3.8) is 0 Å². The molecule has 2 N–H and O–H groups in total. The Labute approximate surface area is 225 Å². The van der Waals surface area contributed by atoms with Gasteiger partial charge in [-0.25, -0.2) is 18.0 Å². The highest BCUT2D eigenvalue weighted by Gasteiger charge is 2.32. The molecule has 0 amide bonds. The summed E-state index contributed by atoms with van der Waals surface area (Å²) >= 11 is 0. The molecule has 7 nitrogen and oxygen atoms in total. The van der Waals surface area contributed by atoms with E-state index in [1.165, 1.54) is 18.2 Å². The van der Waals surface area contributed by atoms with Gasteiger partial charge in [-0.3, -0.25) is 0 Å². The van der Waals surface area contributed by atoms with Crippen LogP contribution in [0, 0.1) is 40.4 Å². The van der Waals surface area contributed by atoms with E-state index >= 15 is 0 Å². The van der Waals surface area contributed by atoms with Gasteiger partial charge in [0.25, 0.3) is 0 Å². The van der Waals surface area contributed by atoms with E-state index in [-0.39, 0.29) is 23.0 Å². The zero-order valence-electron chi connectivity index (χ0n) is 20.9. The molecule has 1 heterocycles. The summed E-state index contributed by atoms with van der Waals surface area (Å²) in [5.74, 6) is -14.2. The zero-order valence-corrected chi connectivity index (χ0v) is 20.9. The monoisotopic (exact) mass is 560 g/mol. The summed E-state index contributed by atoms with van der Waals surface area (Å²) in [5, 5.41) is 9.77. The van der Waals surface area contributed by atoms with Gasteiger partial charge in [-0.15, -0.1) is 0 Å². The van der Waals surface area contributed by atoms with E-state index in [0.29, 0.717) is 23.5 Å². The maximum absolute atomic E-state index is 13.8. The maximum Gasteiger partial charge on any atom is 0.349 e. The number of carbonyl (C=O) groups is 1. The van der Waals surface area contributed by atoms with Crippen LogP contribution >= 0.6 is 0 Å². The molecule has 0 bridgehead atoms. The van der Waals surface area contributed by atoms with Crippen LogP contribution in [-0.2, 0) is 4.79 Å². The number of nitrogens with zero attached hydrogens (tertiary/aromatic N) is 1. The van der Waals surface area contributed by atoms with Gasteiger partial charge in [0.15, 0.2) is 12.4 Å². The normalized spacial score (nSPS) is 14.2. The lowest BCUT2D eigenvalue weighted by atomic mass is 9.83. The Hall–Kier alpha value is -4.79. The molecule has 3 aromatic rings. The molecule has 12 heteroatoms. The van der Waals surface area contributed by atoms with Crippen molar-refractivity contribution in [1.82, 2.24) is 0 Å². The van der Waals surface area contributed by atoms with E-state index in [2.05, 4.69) is 10.8 Å². The predicted octanol–water partition coefficient (Wildman–Crippen LogP) is 5.76. The molecule has 0 spiro atoms. The van der Waals surface area contributed by atoms with Crippen molar-refractivity contribution in [1.29, 1.82) is 5.26 Å². The number of fused-ring (bicyclic) bond motifs is 1. The minimum absolute atomic E-state index is 0.103. The largest absolute Gasteiger partial charge is 0.494 e. The number of hydrogen-bond acceptors (Lipinski definition) is 7. The summed E-state index contributed by atoms with van der Waals surface area (Å²) < 4.78 is 88.4. The van der Waals surface area contributed by atoms with Crippen molar-refractivity contribution in [3.05, 3.63) is 94.1 Å². The van der Waals surface area contributed by atoms with E-state index in [1.807, 2.05) is 6.92 Å². The van der Waals surface area contributed by atoms with Gasteiger partial charge >= 0.3 is 5.97 Å². The number of ether oxygens (including phenoxy) is 4. The van der Waals surface area contributed by atoms with Crippen LogP contribution in [0.5, 0.6) is 23.0 Å². The molecule has 40 heavy (non-hydrogen) atoms. The van der Waals surface area contributed by atoms with Gasteiger partial charge in [-0.2, -0.15) is 14.0 Å². The van der Waals surface area contributed by atoms with Gasteiger partial charge in [0.1, 0.15) is 28.9 Å². The number of carbonyl (C=O) groups excluding carboxylic acids is 1. The summed E-state index contributed by atoms with van der Waals surface area (Å²) in [6.07, 6.45) is 1.83. The lowest BCUT2D eigenvalue weighted by molar-refractivity contribution is -0.136. The van der Waals surface area contributed by atoms with Crippen LogP contribution in [0.4, 0.5) is 22.0 Å². The van der Waals surface area contributed by atoms with Gasteiger partial charge in [-0.1, -0.05) is 31.5 Å². The van der Waals surface area contributed by atoms with Crippen LogP contribution in [0.15, 0.2) is 53.9 Å². The molecule has 3 aromatic carbocycles. The number of halogens is 5. The van der Waals surface area contributed by atoms with Crippen molar-refractivity contribution < 1.29 is 45.7 Å². The number of nitrogens with two attached hydrogens (primary N) is 1. The molecular formula is C28H21F5N2O5. The summed E-state index contributed by atoms with van der Waals surface area (Å²) in [4.78, 5) is 12.2. The fraction of sp³-hybridized carbons (Fsp3) is 0.214. The number of nitriles is 1. The SMILES string of the molecule is CCCCOc1cccc(C2C(C#N)=C(N)Oc3cc(OC(=O)COc4c(F)c(F)c(F)c(F)c4F)ccc32)c1. The Morgan fingerprint density at radius 1 is 0.975 bits per heavy atom. The molecule has 0 aliphatic carbocycles. The van der Waals surface area contributed by atoms with Crippen molar-refractivity contribution >= 4 is 5.97 Å². The van der Waals surface area contributed by atoms with E-state index in [0.717, 1.165) is 12.8 Å². The highest BCUT2D eigenvalue weighted by atomic mass is 19.2. The smallest absolute Gasteiger partial charge is 0.349 e. The van der Waals surface area contributed by atoms with Gasteiger partial charge < -0.3 is 24.7 Å². The summed E-state index contributed by atoms with van der Waals surface area (Å²) in [7, 11) is 0. The standard InChI is InChI=1S/C28H21F5N2O5/c1-2-3-9-37-15-6-4-5-14(10-15)21-17-8-7-16(11-19(17)40-28(35)18(21)12-34)39-20(36)13-38-27-25(32)23(30)22(29)24(31)26(27)33/h4-8,10-11,21H,2-3,9,13,35H2,1H3. The topological polar surface area (TPSA) is 104 Å². The summed E-state index contributed by atoms with van der Waals surface area (Å²) in [6, 6.07) is 13.4. The van der Waals surface area contributed by atoms with Crippen LogP contribution < -0.4 is 24.7 Å². The Bertz CT molecular complexity index is 1510. The van der Waals surface area contributed by atoms with Crippen LogP contribution in [0.3, 0.4) is 0 Å². The van der Waals surface area contributed by atoms with Gasteiger partial charge in [0, 0.05) is 11.6 Å². The van der Waals surface area contributed by atoms with Gasteiger partial charge in [0.05, 0.1) is 12.5 Å². The zero-order chi connectivity index (χ0) is 29.0. The molecule has 1 atom stereocenters. The lowest BCUT2D eigenvalue weighted by Gasteiger charge is -2.27. The van der Waals surface area contributed by atoms with Gasteiger partial charge in [0.2, 0.25) is 35.0 Å². The first-order chi connectivity index (χ1) is 19.2. The molecule has 1 unspecified atom stereocenters. The fourth-order valence-corrected chi connectivity index (χ4v) is 3.96. The predicted molar refractivity (Wildman–Crippen MR) is 130 cm³/mol. The summed E-state index contributed by atoms with van der Waals surface area (Å²) in [6.45, 7) is 1.39. The molecular weight excluding hydrogens is 539 g/mol. The van der Waals surface area contributed by atoms with Crippen molar-refractivity contribution in [3.8, 4) is 29.1 Å². The minimum atomic E-state index is -2.36. The van der Waals surface area contributed by atoms with Crippen molar-refractivity contribution in [2.45, 2.75) is 25.7 Å². The molecule has 208 valence electrons. The quantitative estimate of drug-likeness (QED) is 0.0886. The van der Waals surface area contributed by atoms with Crippen molar-refractivity contribution in [2.24, 2.45) is 5.73 Å². The fourth-order valence-electron chi connectivity index (χ4n) is 3.96. The molecule has 0 saturated carbocycles. The Balaban J connectivity index is 1.54. The average Bonchev–Trinajstić information content (AvgIpc) is 2.94. The number of rotatable bonds is 9. The second kappa shape index (κ2) is 11.9. The second-order valence-electron chi connectivity index (χ2n) is 8.56. The Morgan fingerprint density at radius 3 is 2.35 bits per heavy atom. The third kappa shape index (κ3) is 5.63. The number of benzene rings is 3. The first-order valence-electron chi connectivity index (χ1n) is 11.9. The first-order valence-corrected chi connectivity index (χ1v) is 11.9. The molecule has 1 aliphatic heterocycles. The lowest BCUT2D eigenvalue weighted by Crippen LogP contribution is -2.22. The first kappa shape index (κ1) is 28.2. The number of hydrogen-bond donors (Lipinski definition) is 1. The summed E-state index contributed by atoms with van der Waals surface area (Å²) in [5.41, 5.74) is 7.38. The minimum Gasteiger partial charge on any atom is -0.494 e. The van der Waals surface area contributed by atoms with Gasteiger partial charge in [-0.05, 0) is 30.2 Å². The van der Waals surface area contributed by atoms with Crippen LogP contribution in [0.25, 0.3) is 0 Å². The molecule has 4 rings (SSSR count). The number of unbranched alkanes of at least 4 members (excludes halogenated alkanes) is 1. The molecule has 0 saturated heterocycles. The number of esters is 1. The highest BCUT2D eigenvalue weighted by molar-refractivity contribution is 5.74. The Kier molecular flexibility index (Phi) is 8.43. The molecule has 0 fully saturated rings. The second-order valence-corrected chi connectivity index (χ2v) is 8.56. The van der Waals surface area contributed by atoms with Crippen LogP contribution in [0.1, 0.15) is 36.8 Å². The average molecular weight is 560 g/mol. The highest BCUT2D eigenvalue weighted by Crippen LogP contribution is 2.44. The van der Waals surface area contributed by atoms with E-state index in [4.69, 9.17) is 19.9 Å². The van der Waals surface area contributed by atoms with E-state index < -0.39 is 53.3 Å². The third-order valence-electron chi connectivity index (χ3n) is 5.88. The van der Waals surface area contributed by atoms with E-state index in [9.17, 15) is 32.0 Å². The molecule has 0 radical (unpaired) electrons. The third-order valence-corrected chi connectivity index (χ3v) is 5.88. The maximum atomic E-state index is 13.8. The number of allylic oxidation sites excluding steroid dienone is 1. The van der Waals surface area contributed by atoms with Crippen LogP contribution in [0.2, 0.25) is 0 Å². The van der Waals surface area contributed by atoms with Crippen molar-refractivity contribution in [2.75, 3.05) is 13.2 Å². The van der Waals surface area contributed by atoms with Crippen LogP contribution in [-0.4, -0.2) is 19.2 Å².